The highest BCUT2D eigenvalue weighted by molar-refractivity contribution is 5.85. The number of rotatable bonds is 13. The Morgan fingerprint density at radius 2 is 1.77 bits per heavy atom. The van der Waals surface area contributed by atoms with Crippen LogP contribution in [0.5, 0.6) is 11.5 Å². The molecule has 0 aliphatic carbocycles. The van der Waals surface area contributed by atoms with E-state index in [-0.39, 0.29) is 0 Å². The van der Waals surface area contributed by atoms with E-state index in [1.165, 1.54) is 0 Å². The molecule has 0 radical (unpaired) electrons. The molecule has 0 fully saturated rings. The highest BCUT2D eigenvalue weighted by atomic mass is 16.5. The average molecular weight is 421 g/mol. The molecule has 0 atom stereocenters. The number of carboxylic acids is 1. The molecule has 0 unspecified atom stereocenters. The number of benzene rings is 2. The van der Waals surface area contributed by atoms with Crippen molar-refractivity contribution in [1.29, 1.82) is 0 Å². The van der Waals surface area contributed by atoms with Crippen molar-refractivity contribution in [1.82, 2.24) is 9.55 Å². The van der Waals surface area contributed by atoms with Crippen LogP contribution in [0.1, 0.15) is 36.8 Å². The Labute approximate surface area is 182 Å². The van der Waals surface area contributed by atoms with E-state index in [0.29, 0.717) is 25.5 Å². The zero-order chi connectivity index (χ0) is 21.7. The van der Waals surface area contributed by atoms with E-state index in [2.05, 4.69) is 4.98 Å². The number of imidazole rings is 1. The largest absolute Gasteiger partial charge is 0.494 e. The second kappa shape index (κ2) is 12.2. The van der Waals surface area contributed by atoms with Gasteiger partial charge in [-0.15, -0.1) is 0 Å². The molecule has 0 saturated carbocycles. The van der Waals surface area contributed by atoms with E-state index in [1.54, 1.807) is 18.6 Å². The van der Waals surface area contributed by atoms with Crippen LogP contribution in [0.25, 0.3) is 6.08 Å². The summed E-state index contributed by atoms with van der Waals surface area (Å²) < 4.78 is 13.7. The van der Waals surface area contributed by atoms with Crippen LogP contribution in [0.3, 0.4) is 0 Å². The minimum Gasteiger partial charge on any atom is -0.494 e. The second-order valence-corrected chi connectivity index (χ2v) is 7.20. The van der Waals surface area contributed by atoms with Gasteiger partial charge in [0.05, 0.1) is 19.5 Å². The summed E-state index contributed by atoms with van der Waals surface area (Å²) in [7, 11) is 0. The van der Waals surface area contributed by atoms with Crippen molar-refractivity contribution < 1.29 is 19.4 Å². The maximum Gasteiger partial charge on any atom is 0.328 e. The molecular weight excluding hydrogens is 392 g/mol. The number of aliphatic carboxylic acids is 1. The second-order valence-electron chi connectivity index (χ2n) is 7.20. The highest BCUT2D eigenvalue weighted by Gasteiger charge is 2.05. The van der Waals surface area contributed by atoms with E-state index in [1.807, 2.05) is 59.3 Å². The summed E-state index contributed by atoms with van der Waals surface area (Å²) in [6.45, 7) is 1.98. The summed E-state index contributed by atoms with van der Waals surface area (Å²) in [5.41, 5.74) is 1.83. The van der Waals surface area contributed by atoms with Crippen molar-refractivity contribution in [2.75, 3.05) is 13.2 Å². The molecule has 3 rings (SSSR count). The summed E-state index contributed by atoms with van der Waals surface area (Å²) in [4.78, 5) is 15.0. The minimum atomic E-state index is -0.980. The van der Waals surface area contributed by atoms with Crippen LogP contribution < -0.4 is 9.47 Å². The summed E-state index contributed by atoms with van der Waals surface area (Å²) in [6.07, 6.45) is 12.2. The van der Waals surface area contributed by atoms with Gasteiger partial charge in [0.15, 0.2) is 0 Å². The van der Waals surface area contributed by atoms with E-state index < -0.39 is 5.97 Å². The lowest BCUT2D eigenvalue weighted by Crippen LogP contribution is -2.02. The van der Waals surface area contributed by atoms with Gasteiger partial charge in [-0.25, -0.2) is 9.78 Å². The minimum absolute atomic E-state index is 0.585. The third-order valence-corrected chi connectivity index (χ3v) is 4.72. The highest BCUT2D eigenvalue weighted by Crippen LogP contribution is 2.23. The lowest BCUT2D eigenvalue weighted by atomic mass is 10.1. The summed E-state index contributed by atoms with van der Waals surface area (Å²) >= 11 is 0. The van der Waals surface area contributed by atoms with E-state index in [0.717, 1.165) is 48.6 Å². The van der Waals surface area contributed by atoms with Crippen molar-refractivity contribution in [2.45, 2.75) is 32.2 Å². The molecule has 0 amide bonds. The monoisotopic (exact) mass is 420 g/mol. The normalized spacial score (nSPS) is 11.0. The Hall–Kier alpha value is -3.54. The van der Waals surface area contributed by atoms with Crippen molar-refractivity contribution in [3.8, 4) is 11.5 Å². The van der Waals surface area contributed by atoms with Gasteiger partial charge in [-0.1, -0.05) is 30.3 Å². The zero-order valence-corrected chi connectivity index (χ0v) is 17.5. The number of hydrogen-bond donors (Lipinski definition) is 1. The van der Waals surface area contributed by atoms with Gasteiger partial charge in [0, 0.05) is 30.6 Å². The third kappa shape index (κ3) is 8.01. The Balaban J connectivity index is 1.44. The first-order chi connectivity index (χ1) is 15.2. The van der Waals surface area contributed by atoms with E-state index in [9.17, 15) is 4.79 Å². The number of ether oxygens (including phenoxy) is 2. The molecule has 2 aromatic carbocycles. The number of carboxylic acid groups (broad SMARTS) is 1. The molecule has 162 valence electrons. The number of para-hydroxylation sites is 1. The first kappa shape index (κ1) is 22.2. The number of aromatic nitrogens is 2. The standard InChI is InChI=1S/C25H28N2O4/c28-25(29)13-12-22-11-10-21(19-27-15-14-26-20-27)18-24(22)31-17-7-2-1-6-16-30-23-8-4-3-5-9-23/h3-5,8-15,18,20H,1-2,6-7,16-17,19H2,(H,28,29)/b13-12+. The number of unbranched alkanes of at least 4 members (excludes halogenated alkanes) is 3. The van der Waals surface area contributed by atoms with Gasteiger partial charge in [0.1, 0.15) is 11.5 Å². The lowest BCUT2D eigenvalue weighted by Gasteiger charge is -2.12. The van der Waals surface area contributed by atoms with Gasteiger partial charge in [-0.2, -0.15) is 0 Å². The molecule has 0 aliphatic rings. The van der Waals surface area contributed by atoms with Gasteiger partial charge < -0.3 is 19.1 Å². The molecule has 1 aromatic heterocycles. The maximum atomic E-state index is 10.9. The number of hydrogen-bond acceptors (Lipinski definition) is 4. The van der Waals surface area contributed by atoms with Gasteiger partial charge >= 0.3 is 5.97 Å². The fourth-order valence-electron chi connectivity index (χ4n) is 3.14. The fourth-order valence-corrected chi connectivity index (χ4v) is 3.14. The van der Waals surface area contributed by atoms with Gasteiger partial charge in [-0.05, 0) is 55.5 Å². The topological polar surface area (TPSA) is 73.6 Å². The smallest absolute Gasteiger partial charge is 0.328 e. The third-order valence-electron chi connectivity index (χ3n) is 4.72. The molecule has 6 nitrogen and oxygen atoms in total. The molecule has 0 bridgehead atoms. The molecule has 0 aliphatic heterocycles. The predicted molar refractivity (Wildman–Crippen MR) is 120 cm³/mol. The summed E-state index contributed by atoms with van der Waals surface area (Å²) in [6, 6.07) is 15.7. The Bertz CT molecular complexity index is 953. The van der Waals surface area contributed by atoms with Crippen molar-refractivity contribution in [2.24, 2.45) is 0 Å². The molecule has 3 aromatic rings. The molecule has 31 heavy (non-hydrogen) atoms. The van der Waals surface area contributed by atoms with Crippen molar-refractivity contribution in [3.63, 3.8) is 0 Å². The van der Waals surface area contributed by atoms with Crippen LogP contribution >= 0.6 is 0 Å². The van der Waals surface area contributed by atoms with Crippen LogP contribution in [-0.2, 0) is 11.3 Å². The zero-order valence-electron chi connectivity index (χ0n) is 17.5. The molecule has 1 heterocycles. The quantitative estimate of drug-likeness (QED) is 0.309. The molecule has 6 heteroatoms. The fraction of sp³-hybridized carbons (Fsp3) is 0.280. The number of nitrogens with zero attached hydrogens (tertiary/aromatic N) is 2. The summed E-state index contributed by atoms with van der Waals surface area (Å²) in [5.74, 6) is 0.622. The molecule has 0 saturated heterocycles. The lowest BCUT2D eigenvalue weighted by molar-refractivity contribution is -0.131. The van der Waals surface area contributed by atoms with E-state index >= 15 is 0 Å². The van der Waals surface area contributed by atoms with Crippen LogP contribution in [0.4, 0.5) is 0 Å². The van der Waals surface area contributed by atoms with Crippen molar-refractivity contribution >= 4 is 12.0 Å². The molecule has 1 N–H and O–H groups in total. The van der Waals surface area contributed by atoms with Gasteiger partial charge in [0.25, 0.3) is 0 Å². The van der Waals surface area contributed by atoms with Crippen LogP contribution in [0, 0.1) is 0 Å². The van der Waals surface area contributed by atoms with Crippen LogP contribution in [-0.4, -0.2) is 33.8 Å². The Morgan fingerprint density at radius 3 is 2.48 bits per heavy atom. The van der Waals surface area contributed by atoms with Crippen LogP contribution in [0.15, 0.2) is 73.3 Å². The predicted octanol–water partition coefficient (Wildman–Crippen LogP) is 5.05. The molecule has 0 spiro atoms. The van der Waals surface area contributed by atoms with Gasteiger partial charge in [0.2, 0.25) is 0 Å². The van der Waals surface area contributed by atoms with E-state index in [4.69, 9.17) is 14.6 Å². The first-order valence-corrected chi connectivity index (χ1v) is 10.5. The number of carbonyl (C=O) groups is 1. The van der Waals surface area contributed by atoms with Crippen LogP contribution in [0.2, 0.25) is 0 Å². The maximum absolute atomic E-state index is 10.9. The van der Waals surface area contributed by atoms with Gasteiger partial charge in [-0.3, -0.25) is 0 Å². The molecular formula is C25H28N2O4. The average Bonchev–Trinajstić information content (AvgIpc) is 3.28. The Kier molecular flexibility index (Phi) is 8.73. The summed E-state index contributed by atoms with van der Waals surface area (Å²) in [5, 5.41) is 8.93. The SMILES string of the molecule is O=C(O)/C=C/c1ccc(Cn2ccnc2)cc1OCCCCCCOc1ccccc1. The Morgan fingerprint density at radius 1 is 1.00 bits per heavy atom. The first-order valence-electron chi connectivity index (χ1n) is 10.5. The van der Waals surface area contributed by atoms with Crippen molar-refractivity contribution in [3.05, 3.63) is 84.5 Å².